The van der Waals surface area contributed by atoms with Crippen LogP contribution in [0, 0.1) is 0 Å². The van der Waals surface area contributed by atoms with Gasteiger partial charge in [0.05, 0.1) is 0 Å². The van der Waals surface area contributed by atoms with Gasteiger partial charge in [-0.25, -0.2) is 0 Å². The Bertz CT molecular complexity index is 774. The average Bonchev–Trinajstić information content (AvgIpc) is 2.43. The van der Waals surface area contributed by atoms with E-state index in [9.17, 15) is 4.79 Å². The summed E-state index contributed by atoms with van der Waals surface area (Å²) < 4.78 is 0. The molecule has 94 valence electrons. The number of rotatable bonds is 1. The minimum absolute atomic E-state index is 0.0425. The lowest BCUT2D eigenvalue weighted by Crippen LogP contribution is -2.21. The largest absolute Gasteiger partial charge is 0.345 e. The molecule has 0 spiro atoms. The second kappa shape index (κ2) is 4.39. The number of hydrogen-bond acceptors (Lipinski definition) is 1. The van der Waals surface area contributed by atoms with Gasteiger partial charge < -0.3 is 4.90 Å². The van der Waals surface area contributed by atoms with Crippen LogP contribution in [0.15, 0.2) is 54.6 Å². The maximum atomic E-state index is 12.2. The van der Waals surface area contributed by atoms with E-state index in [4.69, 9.17) is 0 Å². The van der Waals surface area contributed by atoms with E-state index in [1.807, 2.05) is 30.3 Å². The van der Waals surface area contributed by atoms with Crippen molar-refractivity contribution < 1.29 is 4.79 Å². The molecule has 0 N–H and O–H groups in total. The fraction of sp³-hybridized carbons (Fsp3) is 0.118. The standard InChI is InChI=1S/C17H15NO/c1-18(2)17(19)15-9-5-8-14-10-12-6-3-4-7-13(12)11-16(14)15/h3-11H,1-2H3. The van der Waals surface area contributed by atoms with Gasteiger partial charge in [0.15, 0.2) is 0 Å². The molecule has 2 nitrogen and oxygen atoms in total. The molecule has 0 aliphatic rings. The molecular weight excluding hydrogens is 234 g/mol. The molecule has 3 rings (SSSR count). The summed E-state index contributed by atoms with van der Waals surface area (Å²) in [5, 5.41) is 4.48. The van der Waals surface area contributed by atoms with Crippen molar-refractivity contribution in [1.82, 2.24) is 4.90 Å². The molecule has 0 aliphatic carbocycles. The highest BCUT2D eigenvalue weighted by molar-refractivity contribution is 6.10. The van der Waals surface area contributed by atoms with Crippen LogP contribution in [0.25, 0.3) is 21.5 Å². The number of carbonyl (C=O) groups is 1. The van der Waals surface area contributed by atoms with E-state index >= 15 is 0 Å². The number of fused-ring (bicyclic) bond motifs is 2. The van der Waals surface area contributed by atoms with Crippen molar-refractivity contribution in [2.75, 3.05) is 14.1 Å². The fourth-order valence-electron chi connectivity index (χ4n) is 2.39. The van der Waals surface area contributed by atoms with Crippen molar-refractivity contribution in [2.45, 2.75) is 0 Å². The highest BCUT2D eigenvalue weighted by atomic mass is 16.2. The fourth-order valence-corrected chi connectivity index (χ4v) is 2.39. The van der Waals surface area contributed by atoms with Crippen molar-refractivity contribution in [1.29, 1.82) is 0 Å². The average molecular weight is 249 g/mol. The van der Waals surface area contributed by atoms with Gasteiger partial charge in [0.2, 0.25) is 0 Å². The molecule has 0 saturated heterocycles. The molecule has 1 amide bonds. The van der Waals surface area contributed by atoms with E-state index in [2.05, 4.69) is 24.3 Å². The van der Waals surface area contributed by atoms with Crippen molar-refractivity contribution in [3.63, 3.8) is 0 Å². The van der Waals surface area contributed by atoms with Crippen molar-refractivity contribution >= 4 is 27.5 Å². The minimum atomic E-state index is 0.0425. The Morgan fingerprint density at radius 3 is 2.16 bits per heavy atom. The number of carbonyl (C=O) groups excluding carboxylic acids is 1. The predicted molar refractivity (Wildman–Crippen MR) is 79.5 cm³/mol. The third-order valence-electron chi connectivity index (χ3n) is 3.38. The van der Waals surface area contributed by atoms with Crippen LogP contribution in [0.2, 0.25) is 0 Å². The Morgan fingerprint density at radius 1 is 0.842 bits per heavy atom. The summed E-state index contributed by atoms with van der Waals surface area (Å²) in [6.45, 7) is 0. The van der Waals surface area contributed by atoms with Crippen molar-refractivity contribution in [3.8, 4) is 0 Å². The molecule has 2 heteroatoms. The van der Waals surface area contributed by atoms with Gasteiger partial charge in [-0.2, -0.15) is 0 Å². The first-order chi connectivity index (χ1) is 9.16. The molecule has 3 aromatic carbocycles. The molecule has 0 heterocycles. The smallest absolute Gasteiger partial charge is 0.253 e. The molecule has 0 bridgehead atoms. The van der Waals surface area contributed by atoms with Gasteiger partial charge in [0.1, 0.15) is 0 Å². The summed E-state index contributed by atoms with van der Waals surface area (Å²) in [5.41, 5.74) is 0.758. The number of hydrogen-bond donors (Lipinski definition) is 0. The lowest BCUT2D eigenvalue weighted by molar-refractivity contribution is 0.0829. The SMILES string of the molecule is CN(C)C(=O)c1cccc2cc3ccccc3cc12. The molecule has 0 aromatic heterocycles. The Kier molecular flexibility index (Phi) is 2.71. The maximum absolute atomic E-state index is 12.2. The first-order valence-electron chi connectivity index (χ1n) is 6.30. The van der Waals surface area contributed by atoms with Crippen LogP contribution in [0.4, 0.5) is 0 Å². The number of amides is 1. The molecule has 0 atom stereocenters. The summed E-state index contributed by atoms with van der Waals surface area (Å²) in [4.78, 5) is 13.8. The highest BCUT2D eigenvalue weighted by Crippen LogP contribution is 2.26. The van der Waals surface area contributed by atoms with Crippen LogP contribution in [0.5, 0.6) is 0 Å². The highest BCUT2D eigenvalue weighted by Gasteiger charge is 2.11. The second-order valence-electron chi connectivity index (χ2n) is 4.93. The van der Waals surface area contributed by atoms with Gasteiger partial charge in [-0.1, -0.05) is 36.4 Å². The van der Waals surface area contributed by atoms with Gasteiger partial charge in [-0.15, -0.1) is 0 Å². The predicted octanol–water partition coefficient (Wildman–Crippen LogP) is 3.69. The van der Waals surface area contributed by atoms with Crippen molar-refractivity contribution in [3.05, 3.63) is 60.2 Å². The molecule has 0 unspecified atom stereocenters. The van der Waals surface area contributed by atoms with Crippen LogP contribution < -0.4 is 0 Å². The van der Waals surface area contributed by atoms with E-state index in [1.54, 1.807) is 19.0 Å². The maximum Gasteiger partial charge on any atom is 0.253 e. The Hall–Kier alpha value is -2.35. The van der Waals surface area contributed by atoms with E-state index in [0.717, 1.165) is 21.7 Å². The quantitative estimate of drug-likeness (QED) is 0.602. The summed E-state index contributed by atoms with van der Waals surface area (Å²) >= 11 is 0. The molecule has 19 heavy (non-hydrogen) atoms. The van der Waals surface area contributed by atoms with Crippen LogP contribution in [0.1, 0.15) is 10.4 Å². The van der Waals surface area contributed by atoms with Crippen LogP contribution in [-0.2, 0) is 0 Å². The first kappa shape index (κ1) is 11.7. The number of nitrogens with zero attached hydrogens (tertiary/aromatic N) is 1. The molecular formula is C17H15NO. The molecule has 3 aromatic rings. The van der Waals surface area contributed by atoms with E-state index in [0.29, 0.717) is 0 Å². The normalized spacial score (nSPS) is 10.8. The number of benzene rings is 3. The van der Waals surface area contributed by atoms with E-state index < -0.39 is 0 Å². The van der Waals surface area contributed by atoms with E-state index in [1.165, 1.54) is 5.39 Å². The van der Waals surface area contributed by atoms with Gasteiger partial charge in [0, 0.05) is 19.7 Å². The van der Waals surface area contributed by atoms with Gasteiger partial charge in [-0.05, 0) is 39.7 Å². The zero-order valence-electron chi connectivity index (χ0n) is 11.1. The third kappa shape index (κ3) is 1.95. The molecule has 0 aliphatic heterocycles. The van der Waals surface area contributed by atoms with Gasteiger partial charge in [0.25, 0.3) is 5.91 Å². The molecule has 0 saturated carbocycles. The van der Waals surface area contributed by atoms with Crippen LogP contribution >= 0.6 is 0 Å². The summed E-state index contributed by atoms with van der Waals surface area (Å²) in [7, 11) is 3.56. The Morgan fingerprint density at radius 2 is 1.47 bits per heavy atom. The van der Waals surface area contributed by atoms with Crippen molar-refractivity contribution in [2.24, 2.45) is 0 Å². The molecule has 0 fully saturated rings. The molecule has 0 radical (unpaired) electrons. The lowest BCUT2D eigenvalue weighted by atomic mass is 9.99. The monoisotopic (exact) mass is 249 g/mol. The first-order valence-corrected chi connectivity index (χ1v) is 6.30. The topological polar surface area (TPSA) is 20.3 Å². The van der Waals surface area contributed by atoms with E-state index in [-0.39, 0.29) is 5.91 Å². The summed E-state index contributed by atoms with van der Waals surface area (Å²) in [5.74, 6) is 0.0425. The second-order valence-corrected chi connectivity index (χ2v) is 4.93. The minimum Gasteiger partial charge on any atom is -0.345 e. The van der Waals surface area contributed by atoms with Gasteiger partial charge in [-0.3, -0.25) is 4.79 Å². The van der Waals surface area contributed by atoms with Gasteiger partial charge >= 0.3 is 0 Å². The Labute approximate surface area is 112 Å². The third-order valence-corrected chi connectivity index (χ3v) is 3.38. The lowest BCUT2D eigenvalue weighted by Gasteiger charge is -2.13. The zero-order valence-corrected chi connectivity index (χ0v) is 11.1. The zero-order chi connectivity index (χ0) is 13.4. The van der Waals surface area contributed by atoms with Crippen LogP contribution in [0.3, 0.4) is 0 Å². The van der Waals surface area contributed by atoms with Crippen LogP contribution in [-0.4, -0.2) is 24.9 Å². The Balaban J connectivity index is 2.35. The summed E-state index contributed by atoms with van der Waals surface area (Å²) in [6.07, 6.45) is 0. The summed E-state index contributed by atoms with van der Waals surface area (Å²) in [6, 6.07) is 18.3.